The number of carbonyl (C=O) groups excluding carboxylic acids is 1. The Balaban J connectivity index is 1.25. The second kappa shape index (κ2) is 13.0. The van der Waals surface area contributed by atoms with Gasteiger partial charge in [0.1, 0.15) is 19.0 Å². The highest BCUT2D eigenvalue weighted by Crippen LogP contribution is 2.32. The van der Waals surface area contributed by atoms with Crippen molar-refractivity contribution in [2.45, 2.75) is 32.0 Å². The smallest absolute Gasteiger partial charge is 0.407 e. The van der Waals surface area contributed by atoms with Crippen molar-refractivity contribution in [3.8, 4) is 17.2 Å². The van der Waals surface area contributed by atoms with Crippen LogP contribution >= 0.6 is 0 Å². The standard InChI is InChI=1S/C31H36N4O7/c1-32-29(36)8-4-22-18-30(37)34(26-19-24(40-2)5-6-25(22)26)14-13-33-11-9-23(10-12-33)35(31(38)39)20-21-3-7-27-28(17-21)42-16-15-41-27/h3-8,17-19,23H,9-16,20H2,1-2H3,(H,32,36)(H,38,39)/b8-4+. The Morgan fingerprint density at radius 3 is 2.55 bits per heavy atom. The lowest BCUT2D eigenvalue weighted by Crippen LogP contribution is -2.47. The van der Waals surface area contributed by atoms with Crippen molar-refractivity contribution in [3.05, 3.63) is 70.0 Å². The van der Waals surface area contributed by atoms with Crippen molar-refractivity contribution in [1.29, 1.82) is 0 Å². The van der Waals surface area contributed by atoms with E-state index >= 15 is 0 Å². The molecule has 2 aromatic carbocycles. The fourth-order valence-electron chi connectivity index (χ4n) is 5.56. The monoisotopic (exact) mass is 576 g/mol. The maximum absolute atomic E-state index is 13.2. The number of benzene rings is 2. The Hall–Kier alpha value is -4.51. The van der Waals surface area contributed by atoms with Gasteiger partial charge in [0.2, 0.25) is 5.91 Å². The Morgan fingerprint density at radius 1 is 1.07 bits per heavy atom. The van der Waals surface area contributed by atoms with Crippen LogP contribution in [0.15, 0.2) is 53.3 Å². The van der Waals surface area contributed by atoms with Crippen LogP contribution in [0.25, 0.3) is 17.0 Å². The molecule has 3 heterocycles. The van der Waals surface area contributed by atoms with Crippen LogP contribution in [0.1, 0.15) is 24.0 Å². The van der Waals surface area contributed by atoms with Gasteiger partial charge in [-0.15, -0.1) is 0 Å². The zero-order valence-corrected chi connectivity index (χ0v) is 23.9. The van der Waals surface area contributed by atoms with E-state index in [1.54, 1.807) is 30.9 Å². The van der Waals surface area contributed by atoms with Gasteiger partial charge in [0.05, 0.1) is 12.6 Å². The van der Waals surface area contributed by atoms with Gasteiger partial charge in [0, 0.05) is 69.4 Å². The molecule has 222 valence electrons. The number of nitrogens with one attached hydrogen (secondary N) is 1. The largest absolute Gasteiger partial charge is 0.497 e. The van der Waals surface area contributed by atoms with Crippen molar-refractivity contribution >= 4 is 29.0 Å². The quantitative estimate of drug-likeness (QED) is 0.373. The van der Waals surface area contributed by atoms with Crippen molar-refractivity contribution in [2.24, 2.45) is 0 Å². The molecule has 1 aromatic heterocycles. The fourth-order valence-corrected chi connectivity index (χ4v) is 5.56. The van der Waals surface area contributed by atoms with Gasteiger partial charge in [-0.25, -0.2) is 4.79 Å². The SMILES string of the molecule is CNC(=O)/C=C/c1cc(=O)n(CCN2CCC(N(Cc3ccc4c(c3)OCCO4)C(=O)O)CC2)c2cc(OC)ccc12. The summed E-state index contributed by atoms with van der Waals surface area (Å²) in [6.45, 7) is 3.81. The summed E-state index contributed by atoms with van der Waals surface area (Å²) in [6, 6.07) is 12.6. The topological polar surface area (TPSA) is 123 Å². The fraction of sp³-hybridized carbons (Fsp3) is 0.387. The third-order valence-corrected chi connectivity index (χ3v) is 7.86. The molecule has 0 spiro atoms. The van der Waals surface area contributed by atoms with Crippen LogP contribution in [0.4, 0.5) is 4.79 Å². The number of carboxylic acid groups (broad SMARTS) is 1. The number of pyridine rings is 1. The molecule has 0 saturated carbocycles. The van der Waals surface area contributed by atoms with Crippen LogP contribution < -0.4 is 25.1 Å². The van der Waals surface area contributed by atoms with Gasteiger partial charge < -0.3 is 39.0 Å². The van der Waals surface area contributed by atoms with Gasteiger partial charge in [0.25, 0.3) is 5.56 Å². The van der Waals surface area contributed by atoms with Crippen LogP contribution in [0.3, 0.4) is 0 Å². The molecule has 1 saturated heterocycles. The number of fused-ring (bicyclic) bond motifs is 2. The average molecular weight is 577 g/mol. The number of likely N-dealkylation sites (tertiary alicyclic amines) is 1. The number of ether oxygens (including phenoxy) is 3. The summed E-state index contributed by atoms with van der Waals surface area (Å²) in [6.07, 6.45) is 3.50. The summed E-state index contributed by atoms with van der Waals surface area (Å²) in [5.74, 6) is 1.71. The van der Waals surface area contributed by atoms with E-state index in [1.807, 2.05) is 36.4 Å². The minimum Gasteiger partial charge on any atom is -0.497 e. The zero-order chi connectivity index (χ0) is 29.6. The molecule has 2 aliphatic heterocycles. The molecule has 2 aliphatic rings. The molecule has 3 aromatic rings. The number of aromatic nitrogens is 1. The Bertz CT molecular complexity index is 1540. The second-order valence-corrected chi connectivity index (χ2v) is 10.4. The zero-order valence-electron chi connectivity index (χ0n) is 23.9. The van der Waals surface area contributed by atoms with E-state index in [-0.39, 0.29) is 24.1 Å². The van der Waals surface area contributed by atoms with Gasteiger partial charge in [-0.05, 0) is 54.3 Å². The average Bonchev–Trinajstić information content (AvgIpc) is 3.01. The molecule has 2 amide bonds. The first-order valence-corrected chi connectivity index (χ1v) is 14.1. The van der Waals surface area contributed by atoms with Crippen molar-refractivity contribution in [2.75, 3.05) is 47.0 Å². The summed E-state index contributed by atoms with van der Waals surface area (Å²) in [5.41, 5.74) is 2.08. The molecule has 0 bridgehead atoms. The van der Waals surface area contributed by atoms with E-state index in [4.69, 9.17) is 14.2 Å². The van der Waals surface area contributed by atoms with E-state index in [0.29, 0.717) is 62.0 Å². The number of nitrogens with zero attached hydrogens (tertiary/aromatic N) is 3. The molecule has 5 rings (SSSR count). The molecule has 0 atom stereocenters. The molecule has 2 N–H and O–H groups in total. The van der Waals surface area contributed by atoms with E-state index < -0.39 is 6.09 Å². The minimum atomic E-state index is -0.944. The molecule has 42 heavy (non-hydrogen) atoms. The normalized spacial score (nSPS) is 15.6. The molecule has 0 aliphatic carbocycles. The lowest BCUT2D eigenvalue weighted by Gasteiger charge is -2.37. The molecule has 11 nitrogen and oxygen atoms in total. The second-order valence-electron chi connectivity index (χ2n) is 10.4. The first kappa shape index (κ1) is 29.0. The minimum absolute atomic E-state index is 0.105. The van der Waals surface area contributed by atoms with Gasteiger partial charge >= 0.3 is 6.09 Å². The highest BCUT2D eigenvalue weighted by molar-refractivity contribution is 5.96. The first-order valence-electron chi connectivity index (χ1n) is 14.1. The van der Waals surface area contributed by atoms with Crippen LogP contribution in [0.2, 0.25) is 0 Å². The Morgan fingerprint density at radius 2 is 1.83 bits per heavy atom. The summed E-state index contributed by atoms with van der Waals surface area (Å²) >= 11 is 0. The number of methoxy groups -OCH3 is 1. The van der Waals surface area contributed by atoms with Crippen LogP contribution in [0, 0.1) is 0 Å². The highest BCUT2D eigenvalue weighted by Gasteiger charge is 2.28. The van der Waals surface area contributed by atoms with Gasteiger partial charge in [-0.3, -0.25) is 9.59 Å². The number of hydrogen-bond donors (Lipinski definition) is 2. The summed E-state index contributed by atoms with van der Waals surface area (Å²) in [7, 11) is 3.13. The van der Waals surface area contributed by atoms with E-state index in [2.05, 4.69) is 10.2 Å². The Kier molecular flexibility index (Phi) is 8.97. The molecule has 0 unspecified atom stereocenters. The Labute approximate surface area is 243 Å². The van der Waals surface area contributed by atoms with Crippen molar-refractivity contribution in [1.82, 2.24) is 19.7 Å². The van der Waals surface area contributed by atoms with E-state index in [9.17, 15) is 19.5 Å². The summed E-state index contributed by atoms with van der Waals surface area (Å²) < 4.78 is 18.4. The molecule has 0 radical (unpaired) electrons. The van der Waals surface area contributed by atoms with Gasteiger partial charge in [-0.2, -0.15) is 0 Å². The number of rotatable bonds is 9. The van der Waals surface area contributed by atoms with Crippen LogP contribution in [0.5, 0.6) is 17.2 Å². The summed E-state index contributed by atoms with van der Waals surface area (Å²) in [4.78, 5) is 40.9. The number of hydrogen-bond acceptors (Lipinski definition) is 7. The van der Waals surface area contributed by atoms with Crippen LogP contribution in [-0.4, -0.2) is 84.5 Å². The van der Waals surface area contributed by atoms with Crippen LogP contribution in [-0.2, 0) is 17.9 Å². The maximum atomic E-state index is 13.2. The predicted molar refractivity (Wildman–Crippen MR) is 158 cm³/mol. The third kappa shape index (κ3) is 6.52. The van der Waals surface area contributed by atoms with E-state index in [1.165, 1.54) is 11.0 Å². The lowest BCUT2D eigenvalue weighted by molar-refractivity contribution is -0.115. The molecular weight excluding hydrogens is 540 g/mol. The first-order chi connectivity index (χ1) is 20.4. The molecule has 11 heteroatoms. The predicted octanol–water partition coefficient (Wildman–Crippen LogP) is 3.19. The van der Waals surface area contributed by atoms with Crippen molar-refractivity contribution < 1.29 is 28.9 Å². The number of carbonyl (C=O) groups is 2. The summed E-state index contributed by atoms with van der Waals surface area (Å²) in [5, 5.41) is 13.4. The maximum Gasteiger partial charge on any atom is 0.407 e. The highest BCUT2D eigenvalue weighted by atomic mass is 16.6. The molecular formula is C31H36N4O7. The molecule has 1 fully saturated rings. The number of piperidine rings is 1. The van der Waals surface area contributed by atoms with Crippen molar-refractivity contribution in [3.63, 3.8) is 0 Å². The van der Waals surface area contributed by atoms with E-state index in [0.717, 1.165) is 29.6 Å². The number of amides is 2. The van der Waals surface area contributed by atoms with Gasteiger partial charge in [0.15, 0.2) is 11.5 Å². The number of likely N-dealkylation sites (N-methyl/N-ethyl adjacent to an activating group) is 1. The van der Waals surface area contributed by atoms with Gasteiger partial charge in [-0.1, -0.05) is 6.07 Å². The third-order valence-electron chi connectivity index (χ3n) is 7.86. The lowest BCUT2D eigenvalue weighted by atomic mass is 10.0.